The Balaban J connectivity index is 0.000000171. The highest BCUT2D eigenvalue weighted by Gasteiger charge is 2.32. The van der Waals surface area contributed by atoms with Gasteiger partial charge in [0.2, 0.25) is 0 Å². The Hall–Kier alpha value is -2.96. The number of H-pyrrole nitrogens is 3. The predicted molar refractivity (Wildman–Crippen MR) is 196 cm³/mol. The highest BCUT2D eigenvalue weighted by Crippen LogP contribution is 2.36. The van der Waals surface area contributed by atoms with Crippen LogP contribution < -0.4 is 11.5 Å². The van der Waals surface area contributed by atoms with Crippen molar-refractivity contribution in [1.82, 2.24) is 24.7 Å². The van der Waals surface area contributed by atoms with Crippen LogP contribution in [0.1, 0.15) is 120 Å². The standard InChI is InChI=1S/C16H19BrN4O.C9H10BrNO2.C8H12N2.CH4.ClH/c17-14-8-11-9(5-3-7-12(11)19-14)16(22)21-15(18)10-4-1-2-6-13(10)20-21;10-8-4-6-5(9(12)13)2-1-3-7(6)11-8;9-8-7-4-2-1-3-6(7)5-10-8;;/h8-9,19H,1-7,18H2;4-5,11H,1-3H2,(H,12,13);5,10H,1-4,9H2;1H4;1H. The Kier molecular flexibility index (Phi) is 12.5. The lowest BCUT2D eigenvalue weighted by molar-refractivity contribution is -0.139. The van der Waals surface area contributed by atoms with Crippen molar-refractivity contribution < 1.29 is 14.7 Å². The minimum absolute atomic E-state index is 0. The molecule has 4 aliphatic rings. The second kappa shape index (κ2) is 16.0. The number of carboxylic acid groups (broad SMARTS) is 1. The molecule has 0 fully saturated rings. The van der Waals surface area contributed by atoms with E-state index in [1.165, 1.54) is 41.5 Å². The molecule has 8 rings (SSSR count). The van der Waals surface area contributed by atoms with Crippen molar-refractivity contribution in [3.63, 3.8) is 0 Å². The summed E-state index contributed by atoms with van der Waals surface area (Å²) < 4.78 is 3.28. The molecule has 0 radical (unpaired) electrons. The Bertz CT molecular complexity index is 1710. The van der Waals surface area contributed by atoms with Gasteiger partial charge < -0.3 is 31.5 Å². The normalized spacial score (nSPS) is 19.0. The van der Waals surface area contributed by atoms with Gasteiger partial charge in [0.05, 0.1) is 26.7 Å². The molecule has 13 heteroatoms. The highest BCUT2D eigenvalue weighted by atomic mass is 79.9. The number of nitrogens with zero attached hydrogens (tertiary/aromatic N) is 2. The minimum Gasteiger partial charge on any atom is -0.481 e. The fraction of sp³-hybridized carbons (Fsp3) is 0.500. The van der Waals surface area contributed by atoms with E-state index < -0.39 is 5.97 Å². The van der Waals surface area contributed by atoms with Gasteiger partial charge in [-0.15, -0.1) is 12.4 Å². The molecule has 0 amide bonds. The average molecular weight is 796 g/mol. The molecule has 47 heavy (non-hydrogen) atoms. The maximum absolute atomic E-state index is 13.0. The van der Waals surface area contributed by atoms with E-state index in [4.69, 9.17) is 16.6 Å². The molecule has 0 aromatic carbocycles. The van der Waals surface area contributed by atoms with Gasteiger partial charge in [0.25, 0.3) is 5.91 Å². The molecule has 10 nitrogen and oxygen atoms in total. The number of carbonyl (C=O) groups is 2. The molecule has 4 aromatic rings. The van der Waals surface area contributed by atoms with Crippen LogP contribution in [-0.4, -0.2) is 41.7 Å². The number of nitrogen functional groups attached to an aromatic ring is 2. The number of fused-ring (bicyclic) bond motifs is 4. The number of hydrogen-bond acceptors (Lipinski definition) is 5. The summed E-state index contributed by atoms with van der Waals surface area (Å²) in [6.45, 7) is 0. The lowest BCUT2D eigenvalue weighted by atomic mass is 9.86. The van der Waals surface area contributed by atoms with Gasteiger partial charge in [0, 0.05) is 23.1 Å². The zero-order chi connectivity index (χ0) is 31.7. The van der Waals surface area contributed by atoms with Gasteiger partial charge in [-0.25, -0.2) is 0 Å². The van der Waals surface area contributed by atoms with Crippen molar-refractivity contribution in [1.29, 1.82) is 0 Å². The largest absolute Gasteiger partial charge is 0.481 e. The van der Waals surface area contributed by atoms with E-state index in [1.807, 2.05) is 18.3 Å². The summed E-state index contributed by atoms with van der Waals surface area (Å²) >= 11 is 6.79. The van der Waals surface area contributed by atoms with Gasteiger partial charge in [0.1, 0.15) is 11.6 Å². The number of anilines is 2. The van der Waals surface area contributed by atoms with Crippen LogP contribution in [-0.2, 0) is 43.3 Å². The van der Waals surface area contributed by atoms with Crippen LogP contribution in [0.5, 0.6) is 0 Å². The first kappa shape index (κ1) is 36.9. The third kappa shape index (κ3) is 7.86. The third-order valence-electron chi connectivity index (χ3n) is 9.63. The molecular formula is C34H46Br2ClN7O3. The van der Waals surface area contributed by atoms with Crippen LogP contribution >= 0.6 is 44.3 Å². The van der Waals surface area contributed by atoms with Gasteiger partial charge in [0.15, 0.2) is 0 Å². The molecule has 0 spiro atoms. The number of carboxylic acids is 1. The topological polar surface area (TPSA) is 172 Å². The number of aryl methyl sites for hydroxylation is 4. The number of aromatic nitrogens is 5. The summed E-state index contributed by atoms with van der Waals surface area (Å²) in [5.74, 6) is 0.282. The molecule has 2 atom stereocenters. The number of nitrogens with two attached hydrogens (primary N) is 2. The van der Waals surface area contributed by atoms with Crippen molar-refractivity contribution in [2.24, 2.45) is 0 Å². The molecular weight excluding hydrogens is 750 g/mol. The van der Waals surface area contributed by atoms with Gasteiger partial charge in [-0.3, -0.25) is 9.59 Å². The van der Waals surface area contributed by atoms with Crippen LogP contribution in [0.15, 0.2) is 27.5 Å². The van der Waals surface area contributed by atoms with Crippen molar-refractivity contribution in [3.8, 4) is 0 Å². The van der Waals surface area contributed by atoms with E-state index in [-0.39, 0.29) is 37.6 Å². The summed E-state index contributed by atoms with van der Waals surface area (Å²) in [6.07, 6.45) is 16.7. The summed E-state index contributed by atoms with van der Waals surface area (Å²) in [5.41, 5.74) is 21.1. The number of aromatic amines is 3. The first-order valence-corrected chi connectivity index (χ1v) is 17.6. The Morgan fingerprint density at radius 1 is 0.809 bits per heavy atom. The van der Waals surface area contributed by atoms with Crippen molar-refractivity contribution in [3.05, 3.63) is 72.4 Å². The predicted octanol–water partition coefficient (Wildman–Crippen LogP) is 8.01. The van der Waals surface area contributed by atoms with Crippen LogP contribution in [0.4, 0.5) is 11.6 Å². The molecule has 4 heterocycles. The van der Waals surface area contributed by atoms with E-state index in [0.717, 1.165) is 113 Å². The fourth-order valence-electron chi connectivity index (χ4n) is 7.32. The van der Waals surface area contributed by atoms with Crippen LogP contribution in [0.25, 0.3) is 0 Å². The Morgan fingerprint density at radius 3 is 1.96 bits per heavy atom. The van der Waals surface area contributed by atoms with E-state index in [2.05, 4.69) is 51.9 Å². The SMILES string of the molecule is C.Cl.Nc1[nH]cc2c1CCCC2.Nc1c2c(nn1C(=O)C1CCCc3[nH]c(Br)cc31)CCCC2.O=C(O)C1CCCc2[nH]c(Br)cc21. The summed E-state index contributed by atoms with van der Waals surface area (Å²) in [6, 6.07) is 3.91. The zero-order valence-electron chi connectivity index (χ0n) is 25.8. The fourth-order valence-corrected chi connectivity index (χ4v) is 8.29. The molecule has 0 saturated heterocycles. The quantitative estimate of drug-likeness (QED) is 0.120. The number of rotatable bonds is 2. The molecule has 0 saturated carbocycles. The Labute approximate surface area is 298 Å². The average Bonchev–Trinajstić information content (AvgIpc) is 3.80. The molecule has 4 aliphatic carbocycles. The summed E-state index contributed by atoms with van der Waals surface area (Å²) in [4.78, 5) is 33.4. The van der Waals surface area contributed by atoms with Crippen LogP contribution in [0.2, 0.25) is 0 Å². The maximum Gasteiger partial charge on any atom is 0.311 e. The van der Waals surface area contributed by atoms with E-state index in [9.17, 15) is 9.59 Å². The second-order valence-electron chi connectivity index (χ2n) is 12.5. The van der Waals surface area contributed by atoms with Gasteiger partial charge in [-0.05, 0) is 156 Å². The number of halogens is 3. The lowest BCUT2D eigenvalue weighted by Gasteiger charge is -2.21. The van der Waals surface area contributed by atoms with E-state index in [0.29, 0.717) is 5.82 Å². The first-order valence-electron chi connectivity index (χ1n) is 16.0. The van der Waals surface area contributed by atoms with Crippen molar-refractivity contribution in [2.45, 2.75) is 109 Å². The minimum atomic E-state index is -0.715. The zero-order valence-corrected chi connectivity index (χ0v) is 29.8. The molecule has 0 bridgehead atoms. The smallest absolute Gasteiger partial charge is 0.311 e. The van der Waals surface area contributed by atoms with Crippen LogP contribution in [0.3, 0.4) is 0 Å². The lowest BCUT2D eigenvalue weighted by Crippen LogP contribution is -2.25. The molecule has 2 unspecified atom stereocenters. The Morgan fingerprint density at radius 2 is 1.36 bits per heavy atom. The molecule has 8 N–H and O–H groups in total. The molecule has 4 aromatic heterocycles. The number of aliphatic carboxylic acids is 1. The van der Waals surface area contributed by atoms with E-state index in [1.54, 1.807) is 0 Å². The van der Waals surface area contributed by atoms with Gasteiger partial charge >= 0.3 is 5.97 Å². The monoisotopic (exact) mass is 793 g/mol. The molecule has 256 valence electrons. The second-order valence-corrected chi connectivity index (χ2v) is 14.2. The van der Waals surface area contributed by atoms with Crippen molar-refractivity contribution in [2.75, 3.05) is 11.5 Å². The summed E-state index contributed by atoms with van der Waals surface area (Å²) in [7, 11) is 0. The van der Waals surface area contributed by atoms with Crippen molar-refractivity contribution >= 4 is 67.8 Å². The van der Waals surface area contributed by atoms with E-state index >= 15 is 0 Å². The maximum atomic E-state index is 13.0. The molecule has 0 aliphatic heterocycles. The van der Waals surface area contributed by atoms with Gasteiger partial charge in [-0.1, -0.05) is 7.43 Å². The summed E-state index contributed by atoms with van der Waals surface area (Å²) in [5, 5.41) is 13.5. The number of hydrogen-bond donors (Lipinski definition) is 6. The first-order chi connectivity index (χ1) is 21.7. The number of carbonyl (C=O) groups excluding carboxylic acids is 1. The third-order valence-corrected chi connectivity index (χ3v) is 10.5. The number of nitrogens with one attached hydrogen (secondary N) is 3. The van der Waals surface area contributed by atoms with Crippen LogP contribution in [0, 0.1) is 0 Å². The van der Waals surface area contributed by atoms with Gasteiger partial charge in [-0.2, -0.15) is 9.78 Å². The highest BCUT2D eigenvalue weighted by molar-refractivity contribution is 9.10.